The van der Waals surface area contributed by atoms with E-state index in [-0.39, 0.29) is 36.4 Å². The van der Waals surface area contributed by atoms with E-state index in [1.807, 2.05) is 18.7 Å². The highest BCUT2D eigenvalue weighted by atomic mass is 35.5. The van der Waals surface area contributed by atoms with Crippen molar-refractivity contribution < 1.29 is 21.6 Å². The number of thiazole rings is 1. The number of morpholine rings is 1. The SMILES string of the molecule is CC1CN(c2sc(S(=O)(=O)c3ccccc3)nc2S(=O)(=O)c2ccc(Cl)cc2)CC(C)O1. The summed E-state index contributed by atoms with van der Waals surface area (Å²) in [5, 5.41) is 0.405. The Morgan fingerprint density at radius 1 is 0.906 bits per heavy atom. The molecule has 1 aliphatic rings. The summed E-state index contributed by atoms with van der Waals surface area (Å²) in [6, 6.07) is 13.6. The molecular formula is C21H21ClN2O5S3. The van der Waals surface area contributed by atoms with Crippen LogP contribution in [0.5, 0.6) is 0 Å². The second-order valence-corrected chi connectivity index (χ2v) is 12.9. The maximum Gasteiger partial charge on any atom is 0.233 e. The number of benzene rings is 2. The lowest BCUT2D eigenvalue weighted by Crippen LogP contribution is -2.45. The maximum absolute atomic E-state index is 13.5. The third-order valence-electron chi connectivity index (χ3n) is 4.93. The minimum Gasteiger partial charge on any atom is -0.372 e. The molecule has 0 saturated carbocycles. The zero-order chi connectivity index (χ0) is 23.1. The Bertz CT molecular complexity index is 1310. The van der Waals surface area contributed by atoms with Gasteiger partial charge in [0.25, 0.3) is 0 Å². The number of hydrogen-bond donors (Lipinski definition) is 0. The highest BCUT2D eigenvalue weighted by molar-refractivity contribution is 7.94. The summed E-state index contributed by atoms with van der Waals surface area (Å²) in [5.41, 5.74) is 0. The van der Waals surface area contributed by atoms with Crippen LogP contribution < -0.4 is 4.90 Å². The highest BCUT2D eigenvalue weighted by Gasteiger charge is 2.35. The Kier molecular flexibility index (Phi) is 6.34. The van der Waals surface area contributed by atoms with Gasteiger partial charge in [-0.15, -0.1) is 0 Å². The first kappa shape index (κ1) is 23.2. The molecule has 170 valence electrons. The maximum atomic E-state index is 13.5. The van der Waals surface area contributed by atoms with E-state index in [1.165, 1.54) is 36.4 Å². The minimum absolute atomic E-state index is 0.00790. The van der Waals surface area contributed by atoms with Crippen LogP contribution >= 0.6 is 22.9 Å². The van der Waals surface area contributed by atoms with Gasteiger partial charge in [-0.25, -0.2) is 21.8 Å². The van der Waals surface area contributed by atoms with Gasteiger partial charge in [0.05, 0.1) is 22.0 Å². The van der Waals surface area contributed by atoms with E-state index in [1.54, 1.807) is 18.2 Å². The van der Waals surface area contributed by atoms with Gasteiger partial charge in [0, 0.05) is 18.1 Å². The van der Waals surface area contributed by atoms with Crippen LogP contribution in [0.1, 0.15) is 13.8 Å². The van der Waals surface area contributed by atoms with E-state index in [0.717, 1.165) is 11.3 Å². The van der Waals surface area contributed by atoms with E-state index < -0.39 is 19.7 Å². The molecule has 32 heavy (non-hydrogen) atoms. The molecule has 2 atom stereocenters. The smallest absolute Gasteiger partial charge is 0.233 e. The number of ether oxygens (including phenoxy) is 1. The van der Waals surface area contributed by atoms with Crippen molar-refractivity contribution in [2.24, 2.45) is 0 Å². The molecule has 1 aromatic heterocycles. The van der Waals surface area contributed by atoms with Crippen molar-refractivity contribution in [1.82, 2.24) is 4.98 Å². The lowest BCUT2D eigenvalue weighted by atomic mass is 10.2. The minimum atomic E-state index is -4.10. The topological polar surface area (TPSA) is 93.6 Å². The Balaban J connectivity index is 1.89. The molecule has 2 heterocycles. The third-order valence-corrected chi connectivity index (χ3v) is 10.3. The highest BCUT2D eigenvalue weighted by Crippen LogP contribution is 2.40. The van der Waals surface area contributed by atoms with Crippen LogP contribution in [0.15, 0.2) is 73.8 Å². The molecular weight excluding hydrogens is 492 g/mol. The molecule has 1 saturated heterocycles. The fraction of sp³-hybridized carbons (Fsp3) is 0.286. The van der Waals surface area contributed by atoms with Gasteiger partial charge in [0.1, 0.15) is 5.00 Å². The predicted molar refractivity (Wildman–Crippen MR) is 123 cm³/mol. The summed E-state index contributed by atoms with van der Waals surface area (Å²) in [6.07, 6.45) is -0.303. The number of hydrogen-bond acceptors (Lipinski definition) is 8. The lowest BCUT2D eigenvalue weighted by molar-refractivity contribution is -0.00517. The average Bonchev–Trinajstić information content (AvgIpc) is 3.21. The van der Waals surface area contributed by atoms with Crippen LogP contribution in [-0.2, 0) is 24.4 Å². The van der Waals surface area contributed by atoms with Crippen molar-refractivity contribution in [3.8, 4) is 0 Å². The quantitative estimate of drug-likeness (QED) is 0.508. The van der Waals surface area contributed by atoms with Crippen LogP contribution in [0.3, 0.4) is 0 Å². The Morgan fingerprint density at radius 2 is 1.47 bits per heavy atom. The first-order valence-corrected chi connectivity index (χ1v) is 14.0. The number of nitrogens with zero attached hydrogens (tertiary/aromatic N) is 2. The molecule has 4 rings (SSSR count). The molecule has 7 nitrogen and oxygen atoms in total. The van der Waals surface area contributed by atoms with E-state index in [4.69, 9.17) is 16.3 Å². The van der Waals surface area contributed by atoms with Gasteiger partial charge in [-0.05, 0) is 50.2 Å². The molecule has 0 radical (unpaired) electrons. The van der Waals surface area contributed by atoms with Gasteiger partial charge in [-0.1, -0.05) is 41.1 Å². The molecule has 11 heteroatoms. The molecule has 2 aromatic carbocycles. The van der Waals surface area contributed by atoms with Crippen LogP contribution in [0.2, 0.25) is 5.02 Å². The molecule has 0 N–H and O–H groups in total. The summed E-state index contributed by atoms with van der Waals surface area (Å²) in [7, 11) is -8.09. The molecule has 0 bridgehead atoms. The molecule has 0 spiro atoms. The fourth-order valence-corrected chi connectivity index (χ4v) is 8.13. The van der Waals surface area contributed by atoms with Crippen LogP contribution in [0.25, 0.3) is 0 Å². The molecule has 0 amide bonds. The van der Waals surface area contributed by atoms with Crippen LogP contribution in [0, 0.1) is 0 Å². The van der Waals surface area contributed by atoms with Crippen molar-refractivity contribution >= 4 is 47.6 Å². The number of sulfone groups is 2. The van der Waals surface area contributed by atoms with Gasteiger partial charge in [-0.3, -0.25) is 0 Å². The van der Waals surface area contributed by atoms with Gasteiger partial charge in [0.2, 0.25) is 24.0 Å². The van der Waals surface area contributed by atoms with Crippen molar-refractivity contribution in [3.05, 3.63) is 59.6 Å². The van der Waals surface area contributed by atoms with E-state index >= 15 is 0 Å². The zero-order valence-electron chi connectivity index (χ0n) is 17.3. The Hall–Kier alpha value is -1.98. The molecule has 0 aliphatic carbocycles. The van der Waals surface area contributed by atoms with Gasteiger partial charge >= 0.3 is 0 Å². The molecule has 3 aromatic rings. The van der Waals surface area contributed by atoms with Crippen LogP contribution in [-0.4, -0.2) is 47.1 Å². The Labute approximate surface area is 196 Å². The summed E-state index contributed by atoms with van der Waals surface area (Å²) in [4.78, 5) is 6.06. The number of halogens is 1. The van der Waals surface area contributed by atoms with E-state index in [2.05, 4.69) is 4.98 Å². The average molecular weight is 513 g/mol. The number of anilines is 1. The molecule has 1 fully saturated rings. The van der Waals surface area contributed by atoms with E-state index in [0.29, 0.717) is 18.1 Å². The summed E-state index contributed by atoms with van der Waals surface area (Å²) in [6.45, 7) is 4.61. The van der Waals surface area contributed by atoms with Crippen molar-refractivity contribution in [1.29, 1.82) is 0 Å². The first-order valence-electron chi connectivity index (χ1n) is 9.81. The number of aromatic nitrogens is 1. The fourth-order valence-electron chi connectivity index (χ4n) is 3.54. The van der Waals surface area contributed by atoms with Gasteiger partial charge < -0.3 is 9.64 Å². The van der Waals surface area contributed by atoms with Gasteiger partial charge in [-0.2, -0.15) is 0 Å². The molecule has 1 aliphatic heterocycles. The summed E-state index contributed by atoms with van der Waals surface area (Å²) >= 11 is 6.78. The normalized spacial score (nSPS) is 19.8. The lowest BCUT2D eigenvalue weighted by Gasteiger charge is -2.36. The second-order valence-electron chi connectivity index (χ2n) is 7.53. The van der Waals surface area contributed by atoms with Crippen molar-refractivity contribution in [2.45, 2.75) is 45.2 Å². The summed E-state index contributed by atoms with van der Waals surface area (Å²) in [5.74, 6) is 0. The summed E-state index contributed by atoms with van der Waals surface area (Å²) < 4.78 is 58.9. The standard InChI is InChI=1S/C21H21ClN2O5S3/c1-14-12-24(13-15(2)29-14)20-19(31(25,26)18-10-8-16(22)9-11-18)23-21(30-20)32(27,28)17-6-4-3-5-7-17/h3-11,14-15H,12-13H2,1-2H3. The molecule has 2 unspecified atom stereocenters. The zero-order valence-corrected chi connectivity index (χ0v) is 20.5. The van der Waals surface area contributed by atoms with E-state index in [9.17, 15) is 16.8 Å². The monoisotopic (exact) mass is 512 g/mol. The predicted octanol–water partition coefficient (Wildman–Crippen LogP) is 4.08. The first-order chi connectivity index (χ1) is 15.1. The third kappa shape index (κ3) is 4.42. The van der Waals surface area contributed by atoms with Crippen molar-refractivity contribution in [3.63, 3.8) is 0 Å². The van der Waals surface area contributed by atoms with Gasteiger partial charge in [0.15, 0.2) is 5.03 Å². The number of rotatable bonds is 5. The van der Waals surface area contributed by atoms with Crippen LogP contribution in [0.4, 0.5) is 5.00 Å². The second kappa shape index (κ2) is 8.75. The van der Waals surface area contributed by atoms with Crippen molar-refractivity contribution in [2.75, 3.05) is 18.0 Å². The largest absolute Gasteiger partial charge is 0.372 e. The Morgan fingerprint density at radius 3 is 2.06 bits per heavy atom.